The number of halogens is 1. The van der Waals surface area contributed by atoms with Crippen molar-refractivity contribution in [1.82, 2.24) is 0 Å². The van der Waals surface area contributed by atoms with Crippen LogP contribution in [0.25, 0.3) is 0 Å². The lowest BCUT2D eigenvalue weighted by molar-refractivity contribution is 0.0697. The van der Waals surface area contributed by atoms with E-state index in [9.17, 15) is 4.79 Å². The molecule has 0 saturated carbocycles. The van der Waals surface area contributed by atoms with Gasteiger partial charge in [-0.15, -0.1) is 0 Å². The summed E-state index contributed by atoms with van der Waals surface area (Å²) in [5, 5.41) is 18.0. The fourth-order valence-electron chi connectivity index (χ4n) is 1.70. The normalized spacial score (nSPS) is 9.90. The summed E-state index contributed by atoms with van der Waals surface area (Å²) < 4.78 is 5.53. The molecule has 0 bridgehead atoms. The van der Waals surface area contributed by atoms with Crippen molar-refractivity contribution in [3.05, 3.63) is 58.1 Å². The van der Waals surface area contributed by atoms with Crippen LogP contribution >= 0.6 is 11.6 Å². The third kappa shape index (κ3) is 3.44. The molecule has 0 amide bonds. The summed E-state index contributed by atoms with van der Waals surface area (Å²) in [6.07, 6.45) is 0. The molecule has 2 rings (SSSR count). The number of nitrogen functional groups attached to an aromatic ring is 1. The first-order valence-corrected chi connectivity index (χ1v) is 6.33. The van der Waals surface area contributed by atoms with Crippen molar-refractivity contribution in [2.24, 2.45) is 0 Å². The van der Waals surface area contributed by atoms with Crippen LogP contribution in [-0.2, 0) is 6.61 Å². The number of nitrogens with two attached hydrogens (primary N) is 1. The van der Waals surface area contributed by atoms with E-state index in [1.54, 1.807) is 18.2 Å². The lowest BCUT2D eigenvalue weighted by Gasteiger charge is -2.10. The van der Waals surface area contributed by atoms with Crippen molar-refractivity contribution < 1.29 is 14.6 Å². The average molecular weight is 303 g/mol. The minimum Gasteiger partial charge on any atom is -0.487 e. The Hall–Kier alpha value is -2.71. The number of carbonyl (C=O) groups is 1. The zero-order valence-electron chi connectivity index (χ0n) is 10.8. The maximum atomic E-state index is 10.8. The number of ether oxygens (including phenoxy) is 1. The maximum absolute atomic E-state index is 10.8. The monoisotopic (exact) mass is 302 g/mol. The van der Waals surface area contributed by atoms with E-state index in [2.05, 4.69) is 0 Å². The minimum atomic E-state index is -1.05. The number of carboxylic acids is 1. The van der Waals surface area contributed by atoms with Crippen molar-refractivity contribution in [2.45, 2.75) is 6.61 Å². The Labute approximate surface area is 126 Å². The Balaban J connectivity index is 2.13. The SMILES string of the molecule is N#Cc1ccc(COc2ccc(C(=O)O)cc2N)c(Cl)c1. The van der Waals surface area contributed by atoms with E-state index < -0.39 is 5.97 Å². The zero-order chi connectivity index (χ0) is 15.4. The summed E-state index contributed by atoms with van der Waals surface area (Å²) in [5.41, 5.74) is 7.24. The van der Waals surface area contributed by atoms with Gasteiger partial charge >= 0.3 is 5.97 Å². The number of rotatable bonds is 4. The summed E-state index contributed by atoms with van der Waals surface area (Å²) >= 11 is 6.04. The van der Waals surface area contributed by atoms with Gasteiger partial charge in [-0.1, -0.05) is 17.7 Å². The van der Waals surface area contributed by atoms with Crippen LogP contribution in [0.1, 0.15) is 21.5 Å². The number of hydrogen-bond acceptors (Lipinski definition) is 4. The molecule has 0 heterocycles. The molecule has 106 valence electrons. The van der Waals surface area contributed by atoms with Crippen molar-refractivity contribution in [1.29, 1.82) is 5.26 Å². The summed E-state index contributed by atoms with van der Waals surface area (Å²) in [6.45, 7) is 0.168. The van der Waals surface area contributed by atoms with Gasteiger partial charge in [0.1, 0.15) is 12.4 Å². The third-order valence-electron chi connectivity index (χ3n) is 2.82. The second-order valence-corrected chi connectivity index (χ2v) is 4.67. The van der Waals surface area contributed by atoms with Crippen LogP contribution in [0, 0.1) is 11.3 Å². The van der Waals surface area contributed by atoms with Crippen molar-refractivity contribution in [3.63, 3.8) is 0 Å². The summed E-state index contributed by atoms with van der Waals surface area (Å²) in [4.78, 5) is 10.8. The highest BCUT2D eigenvalue weighted by Gasteiger charge is 2.08. The van der Waals surface area contributed by atoms with Gasteiger partial charge in [0.15, 0.2) is 0 Å². The number of hydrogen-bond donors (Lipinski definition) is 2. The van der Waals surface area contributed by atoms with Crippen molar-refractivity contribution in [3.8, 4) is 11.8 Å². The number of carboxylic acid groups (broad SMARTS) is 1. The van der Waals surface area contributed by atoms with Crippen molar-refractivity contribution in [2.75, 3.05) is 5.73 Å². The molecule has 0 aliphatic carbocycles. The van der Waals surface area contributed by atoms with Gasteiger partial charge in [0.25, 0.3) is 0 Å². The molecule has 2 aromatic rings. The lowest BCUT2D eigenvalue weighted by atomic mass is 10.1. The highest BCUT2D eigenvalue weighted by atomic mass is 35.5. The van der Waals surface area contributed by atoms with Crippen LogP contribution in [0.5, 0.6) is 5.75 Å². The van der Waals surface area contributed by atoms with Gasteiger partial charge in [-0.25, -0.2) is 4.79 Å². The highest BCUT2D eigenvalue weighted by Crippen LogP contribution is 2.25. The van der Waals surface area contributed by atoms with E-state index in [1.165, 1.54) is 18.2 Å². The predicted octanol–water partition coefficient (Wildman–Crippen LogP) is 3.07. The predicted molar refractivity (Wildman–Crippen MR) is 78.3 cm³/mol. The van der Waals surface area contributed by atoms with E-state index in [1.807, 2.05) is 6.07 Å². The largest absolute Gasteiger partial charge is 0.487 e. The minimum absolute atomic E-state index is 0.0938. The van der Waals surface area contributed by atoms with E-state index in [0.29, 0.717) is 21.9 Å². The molecule has 0 aliphatic heterocycles. The molecule has 2 aromatic carbocycles. The van der Waals surface area contributed by atoms with Crippen LogP contribution in [-0.4, -0.2) is 11.1 Å². The third-order valence-corrected chi connectivity index (χ3v) is 3.17. The van der Waals surface area contributed by atoms with E-state index >= 15 is 0 Å². The number of anilines is 1. The number of benzene rings is 2. The standard InChI is InChI=1S/C15H11ClN2O3/c16-12-5-9(7-17)1-2-11(12)8-21-14-4-3-10(15(19)20)6-13(14)18/h1-6H,8,18H2,(H,19,20). The first kappa shape index (κ1) is 14.7. The number of nitrogens with zero attached hydrogens (tertiary/aromatic N) is 1. The van der Waals surface area contributed by atoms with E-state index in [0.717, 1.165) is 0 Å². The Kier molecular flexibility index (Phi) is 4.31. The summed E-state index contributed by atoms with van der Waals surface area (Å²) in [6, 6.07) is 11.1. The molecule has 0 aliphatic rings. The van der Waals surface area contributed by atoms with Crippen LogP contribution in [0.3, 0.4) is 0 Å². The molecule has 21 heavy (non-hydrogen) atoms. The number of nitriles is 1. The van der Waals surface area contributed by atoms with Gasteiger partial charge in [0.05, 0.1) is 22.9 Å². The molecule has 0 aromatic heterocycles. The Morgan fingerprint density at radius 3 is 2.67 bits per heavy atom. The molecule has 0 fully saturated rings. The van der Waals surface area contributed by atoms with Crippen LogP contribution in [0.4, 0.5) is 5.69 Å². The molecule has 6 heteroatoms. The van der Waals surface area contributed by atoms with Gasteiger partial charge in [0.2, 0.25) is 0 Å². The first-order chi connectivity index (χ1) is 10.0. The fourth-order valence-corrected chi connectivity index (χ4v) is 1.94. The quantitative estimate of drug-likeness (QED) is 0.846. The molecule has 3 N–H and O–H groups in total. The van der Waals surface area contributed by atoms with Crippen molar-refractivity contribution >= 4 is 23.3 Å². The molecular formula is C15H11ClN2O3. The van der Waals surface area contributed by atoms with Gasteiger partial charge in [-0.3, -0.25) is 0 Å². The first-order valence-electron chi connectivity index (χ1n) is 5.95. The van der Waals surface area contributed by atoms with Gasteiger partial charge in [0, 0.05) is 10.6 Å². The van der Waals surface area contributed by atoms with Gasteiger partial charge in [-0.2, -0.15) is 5.26 Å². The second kappa shape index (κ2) is 6.16. The highest BCUT2D eigenvalue weighted by molar-refractivity contribution is 6.31. The van der Waals surface area contributed by atoms with Crippen LogP contribution in [0.15, 0.2) is 36.4 Å². The fraction of sp³-hybridized carbons (Fsp3) is 0.0667. The maximum Gasteiger partial charge on any atom is 0.335 e. The smallest absolute Gasteiger partial charge is 0.335 e. The Morgan fingerprint density at radius 2 is 2.10 bits per heavy atom. The summed E-state index contributed by atoms with van der Waals surface area (Å²) in [7, 11) is 0. The van der Waals surface area contributed by atoms with E-state index in [-0.39, 0.29) is 17.9 Å². The lowest BCUT2D eigenvalue weighted by Crippen LogP contribution is -2.02. The van der Waals surface area contributed by atoms with E-state index in [4.69, 9.17) is 32.4 Å². The van der Waals surface area contributed by atoms with Gasteiger partial charge < -0.3 is 15.6 Å². The average Bonchev–Trinajstić information content (AvgIpc) is 2.46. The molecular weight excluding hydrogens is 292 g/mol. The van der Waals surface area contributed by atoms with Crippen LogP contribution in [0.2, 0.25) is 5.02 Å². The second-order valence-electron chi connectivity index (χ2n) is 4.26. The Bertz CT molecular complexity index is 738. The molecule has 5 nitrogen and oxygen atoms in total. The molecule has 0 radical (unpaired) electrons. The molecule has 0 atom stereocenters. The van der Waals surface area contributed by atoms with Crippen LogP contribution < -0.4 is 10.5 Å². The molecule has 0 spiro atoms. The molecule has 0 unspecified atom stereocenters. The summed E-state index contributed by atoms with van der Waals surface area (Å²) in [5.74, 6) is -0.677. The topological polar surface area (TPSA) is 96.3 Å². The number of aromatic carboxylic acids is 1. The molecule has 0 saturated heterocycles. The van der Waals surface area contributed by atoms with Gasteiger partial charge in [-0.05, 0) is 30.3 Å². The zero-order valence-corrected chi connectivity index (χ0v) is 11.6. The Morgan fingerprint density at radius 1 is 1.33 bits per heavy atom.